The number of nitrogens with zero attached hydrogens (tertiary/aromatic N) is 1. The summed E-state index contributed by atoms with van der Waals surface area (Å²) >= 11 is 0. The predicted molar refractivity (Wildman–Crippen MR) is 72.0 cm³/mol. The highest BCUT2D eigenvalue weighted by Crippen LogP contribution is 2.21. The Kier molecular flexibility index (Phi) is 4.24. The lowest BCUT2D eigenvalue weighted by Gasteiger charge is -2.25. The fourth-order valence-corrected chi connectivity index (χ4v) is 1.99. The van der Waals surface area contributed by atoms with Gasteiger partial charge in [0.25, 0.3) is 0 Å². The first kappa shape index (κ1) is 14.3. The van der Waals surface area contributed by atoms with E-state index in [1.807, 2.05) is 6.92 Å². The largest absolute Gasteiger partial charge is 0.480 e. The third-order valence-corrected chi connectivity index (χ3v) is 3.20. The van der Waals surface area contributed by atoms with E-state index < -0.39 is 11.5 Å². The van der Waals surface area contributed by atoms with Crippen LogP contribution in [0.25, 0.3) is 11.5 Å². The summed E-state index contributed by atoms with van der Waals surface area (Å²) in [6, 6.07) is 5.27. The highest BCUT2D eigenvalue weighted by atomic mass is 16.5. The van der Waals surface area contributed by atoms with Crippen molar-refractivity contribution < 1.29 is 18.8 Å². The summed E-state index contributed by atoms with van der Waals surface area (Å²) in [6.45, 7) is 3.95. The van der Waals surface area contributed by atoms with E-state index in [2.05, 4.69) is 10.5 Å². The number of hydrogen-bond donors (Lipinski definition) is 2. The molecule has 0 radical (unpaired) electrons. The molecule has 0 aliphatic heterocycles. The summed E-state index contributed by atoms with van der Waals surface area (Å²) in [5.74, 6) is 0.256. The summed E-state index contributed by atoms with van der Waals surface area (Å²) in [6.07, 6.45) is 2.88. The predicted octanol–water partition coefficient (Wildman–Crippen LogP) is 2.67. The van der Waals surface area contributed by atoms with Gasteiger partial charge in [0, 0.05) is 12.6 Å². The summed E-state index contributed by atoms with van der Waals surface area (Å²) in [5.41, 5.74) is -0.321. The molecule has 6 heteroatoms. The first-order chi connectivity index (χ1) is 9.55. The van der Waals surface area contributed by atoms with Crippen LogP contribution in [0.1, 0.15) is 32.4 Å². The molecule has 0 fully saturated rings. The number of carbonyl (C=O) groups is 1. The number of aliphatic carboxylic acids is 1. The maximum atomic E-state index is 11.3. The van der Waals surface area contributed by atoms with E-state index in [4.69, 9.17) is 8.94 Å². The molecule has 0 saturated carbocycles. The third kappa shape index (κ3) is 3.08. The van der Waals surface area contributed by atoms with Gasteiger partial charge in [-0.3, -0.25) is 10.1 Å². The molecule has 1 unspecified atom stereocenters. The van der Waals surface area contributed by atoms with Crippen LogP contribution in [0.3, 0.4) is 0 Å². The molecule has 0 aliphatic carbocycles. The van der Waals surface area contributed by atoms with Crippen LogP contribution in [-0.2, 0) is 11.3 Å². The van der Waals surface area contributed by atoms with Crippen LogP contribution in [-0.4, -0.2) is 21.8 Å². The summed E-state index contributed by atoms with van der Waals surface area (Å²) in [4.78, 5) is 11.3. The van der Waals surface area contributed by atoms with Crippen molar-refractivity contribution in [1.82, 2.24) is 10.5 Å². The number of hydrogen-bond acceptors (Lipinski definition) is 5. The second-order valence-electron chi connectivity index (χ2n) is 4.90. The molecule has 2 heterocycles. The van der Waals surface area contributed by atoms with Crippen molar-refractivity contribution in [2.24, 2.45) is 0 Å². The minimum absolute atomic E-state index is 0.326. The van der Waals surface area contributed by atoms with Crippen molar-refractivity contribution in [3.8, 4) is 11.5 Å². The van der Waals surface area contributed by atoms with E-state index in [9.17, 15) is 9.90 Å². The van der Waals surface area contributed by atoms with Gasteiger partial charge in [0.05, 0.1) is 12.0 Å². The molecule has 0 bridgehead atoms. The molecule has 2 N–H and O–H groups in total. The van der Waals surface area contributed by atoms with Crippen molar-refractivity contribution in [1.29, 1.82) is 0 Å². The topological polar surface area (TPSA) is 88.5 Å². The van der Waals surface area contributed by atoms with Crippen LogP contribution >= 0.6 is 0 Å². The second-order valence-corrected chi connectivity index (χ2v) is 4.90. The summed E-state index contributed by atoms with van der Waals surface area (Å²) < 4.78 is 10.4. The van der Waals surface area contributed by atoms with Gasteiger partial charge >= 0.3 is 5.97 Å². The quantitative estimate of drug-likeness (QED) is 0.809. The number of furan rings is 1. The highest BCUT2D eigenvalue weighted by Gasteiger charge is 2.31. The number of carboxylic acid groups (broad SMARTS) is 1. The zero-order chi connectivity index (χ0) is 14.6. The highest BCUT2D eigenvalue weighted by molar-refractivity contribution is 5.78. The normalized spacial score (nSPS) is 14.1. The third-order valence-electron chi connectivity index (χ3n) is 3.20. The number of carboxylic acids is 1. The Labute approximate surface area is 116 Å². The van der Waals surface area contributed by atoms with Gasteiger partial charge in [-0.2, -0.15) is 0 Å². The Hall–Kier alpha value is -2.08. The Balaban J connectivity index is 2.02. The van der Waals surface area contributed by atoms with Crippen LogP contribution in [0.4, 0.5) is 0 Å². The first-order valence-corrected chi connectivity index (χ1v) is 6.53. The Bertz CT molecular complexity index is 562. The molecular weight excluding hydrogens is 260 g/mol. The van der Waals surface area contributed by atoms with Crippen LogP contribution < -0.4 is 5.32 Å². The maximum Gasteiger partial charge on any atom is 0.323 e. The van der Waals surface area contributed by atoms with E-state index in [0.717, 1.165) is 6.42 Å². The molecule has 1 atom stereocenters. The molecule has 0 aliphatic rings. The van der Waals surface area contributed by atoms with Crippen molar-refractivity contribution >= 4 is 5.97 Å². The number of aromatic nitrogens is 1. The molecule has 6 nitrogen and oxygen atoms in total. The lowest BCUT2D eigenvalue weighted by atomic mass is 9.96. The van der Waals surface area contributed by atoms with E-state index >= 15 is 0 Å². The first-order valence-electron chi connectivity index (χ1n) is 6.53. The van der Waals surface area contributed by atoms with Gasteiger partial charge in [-0.15, -0.1) is 0 Å². The number of nitrogens with one attached hydrogen (secondary N) is 1. The summed E-state index contributed by atoms with van der Waals surface area (Å²) in [5, 5.41) is 16.2. The van der Waals surface area contributed by atoms with Crippen LogP contribution in [0.2, 0.25) is 0 Å². The van der Waals surface area contributed by atoms with Crippen molar-refractivity contribution in [3.63, 3.8) is 0 Å². The SMILES string of the molecule is CCCC(C)(NCc1cc(-c2ccco2)on1)C(=O)O. The molecular formula is C14H18N2O4. The Morgan fingerprint density at radius 2 is 2.30 bits per heavy atom. The fourth-order valence-electron chi connectivity index (χ4n) is 1.99. The molecule has 108 valence electrons. The minimum Gasteiger partial charge on any atom is -0.480 e. The van der Waals surface area contributed by atoms with E-state index in [1.54, 1.807) is 31.4 Å². The van der Waals surface area contributed by atoms with Gasteiger partial charge < -0.3 is 14.0 Å². The fraction of sp³-hybridized carbons (Fsp3) is 0.429. The van der Waals surface area contributed by atoms with Gasteiger partial charge in [0.15, 0.2) is 5.76 Å². The van der Waals surface area contributed by atoms with Gasteiger partial charge in [-0.05, 0) is 25.5 Å². The molecule has 20 heavy (non-hydrogen) atoms. The molecule has 2 aromatic rings. The van der Waals surface area contributed by atoms with Gasteiger partial charge in [-0.25, -0.2) is 0 Å². The summed E-state index contributed by atoms with van der Waals surface area (Å²) in [7, 11) is 0. The van der Waals surface area contributed by atoms with Gasteiger partial charge in [0.1, 0.15) is 5.54 Å². The minimum atomic E-state index is -0.960. The Morgan fingerprint density at radius 1 is 1.50 bits per heavy atom. The molecule has 0 saturated heterocycles. The molecule has 0 aromatic carbocycles. The van der Waals surface area contributed by atoms with Crippen molar-refractivity contribution in [2.75, 3.05) is 0 Å². The molecule has 2 rings (SSSR count). The molecule has 0 amide bonds. The van der Waals surface area contributed by atoms with Gasteiger partial charge in [-0.1, -0.05) is 18.5 Å². The van der Waals surface area contributed by atoms with Crippen molar-refractivity contribution in [3.05, 3.63) is 30.2 Å². The van der Waals surface area contributed by atoms with Gasteiger partial charge in [0.2, 0.25) is 5.76 Å². The zero-order valence-corrected chi connectivity index (χ0v) is 11.5. The standard InChI is InChI=1S/C14H18N2O4/c1-3-6-14(2,13(17)18)15-9-10-8-12(20-16-10)11-5-4-7-19-11/h4-5,7-8,15H,3,6,9H2,1-2H3,(H,17,18). The zero-order valence-electron chi connectivity index (χ0n) is 11.5. The maximum absolute atomic E-state index is 11.3. The second kappa shape index (κ2) is 5.92. The van der Waals surface area contributed by atoms with Crippen LogP contribution in [0, 0.1) is 0 Å². The van der Waals surface area contributed by atoms with Crippen molar-refractivity contribution in [2.45, 2.75) is 38.8 Å². The van der Waals surface area contributed by atoms with E-state index in [0.29, 0.717) is 30.2 Å². The monoisotopic (exact) mass is 278 g/mol. The van der Waals surface area contributed by atoms with Crippen LogP contribution in [0.15, 0.2) is 33.4 Å². The molecule has 2 aromatic heterocycles. The van der Waals surface area contributed by atoms with E-state index in [1.165, 1.54) is 0 Å². The number of rotatable bonds is 7. The van der Waals surface area contributed by atoms with Crippen LogP contribution in [0.5, 0.6) is 0 Å². The lowest BCUT2D eigenvalue weighted by molar-refractivity contribution is -0.144. The van der Waals surface area contributed by atoms with E-state index in [-0.39, 0.29) is 0 Å². The molecule has 0 spiro atoms. The average Bonchev–Trinajstić information content (AvgIpc) is 3.07. The smallest absolute Gasteiger partial charge is 0.323 e. The lowest BCUT2D eigenvalue weighted by Crippen LogP contribution is -2.48. The average molecular weight is 278 g/mol. The Morgan fingerprint density at radius 3 is 2.90 bits per heavy atom.